The molecule has 0 aliphatic carbocycles. The van der Waals surface area contributed by atoms with E-state index in [1.807, 2.05) is 30.3 Å². The summed E-state index contributed by atoms with van der Waals surface area (Å²) in [5.41, 5.74) is 2.13. The molecule has 0 aromatic heterocycles. The molecule has 0 fully saturated rings. The minimum absolute atomic E-state index is 0.0718. The monoisotopic (exact) mass is 370 g/mol. The van der Waals surface area contributed by atoms with E-state index >= 15 is 0 Å². The molecule has 1 atom stereocenters. The van der Waals surface area contributed by atoms with Gasteiger partial charge in [0.1, 0.15) is 0 Å². The van der Waals surface area contributed by atoms with Crippen LogP contribution >= 0.6 is 0 Å². The fraction of sp³-hybridized carbons (Fsp3) is 0.333. The minimum atomic E-state index is -0.966. The van der Waals surface area contributed by atoms with Crippen LogP contribution in [-0.4, -0.2) is 30.8 Å². The summed E-state index contributed by atoms with van der Waals surface area (Å²) in [6.07, 6.45) is 2.72. The second-order valence-electron chi connectivity index (χ2n) is 6.28. The molecule has 2 aromatic rings. The normalized spacial score (nSPS) is 11.6. The number of hydrogen-bond acceptors (Lipinski definition) is 3. The van der Waals surface area contributed by atoms with Gasteiger partial charge >= 0.3 is 12.0 Å². The Bertz CT molecular complexity index is 717. The first kappa shape index (κ1) is 20.5. The molecule has 0 spiro atoms. The van der Waals surface area contributed by atoms with E-state index < -0.39 is 5.97 Å². The zero-order valence-electron chi connectivity index (χ0n) is 15.5. The minimum Gasteiger partial charge on any atom is -0.478 e. The highest BCUT2D eigenvalue weighted by Crippen LogP contribution is 2.19. The van der Waals surface area contributed by atoms with Crippen LogP contribution in [0, 0.1) is 0 Å². The summed E-state index contributed by atoms with van der Waals surface area (Å²) in [6, 6.07) is 16.0. The molecule has 2 rings (SSSR count). The van der Waals surface area contributed by atoms with Crippen molar-refractivity contribution >= 4 is 12.0 Å². The Labute approximate surface area is 159 Å². The van der Waals surface area contributed by atoms with Gasteiger partial charge in [0.15, 0.2) is 0 Å². The van der Waals surface area contributed by atoms with Gasteiger partial charge in [-0.15, -0.1) is 0 Å². The molecule has 0 saturated carbocycles. The number of carbonyl (C=O) groups excluding carboxylic acids is 1. The van der Waals surface area contributed by atoms with E-state index in [1.165, 1.54) is 12.1 Å². The molecular formula is C21H26N2O4. The summed E-state index contributed by atoms with van der Waals surface area (Å²) in [5, 5.41) is 14.8. The third kappa shape index (κ3) is 7.11. The van der Waals surface area contributed by atoms with Gasteiger partial charge < -0.3 is 20.5 Å². The number of urea groups is 1. The van der Waals surface area contributed by atoms with Crippen molar-refractivity contribution in [3.05, 3.63) is 71.3 Å². The molecule has 2 amide bonds. The van der Waals surface area contributed by atoms with E-state index in [2.05, 4.69) is 10.6 Å². The van der Waals surface area contributed by atoms with E-state index in [9.17, 15) is 9.59 Å². The Hall–Kier alpha value is -2.86. The lowest BCUT2D eigenvalue weighted by Gasteiger charge is -2.20. The molecule has 1 unspecified atom stereocenters. The Morgan fingerprint density at radius 3 is 2.37 bits per heavy atom. The van der Waals surface area contributed by atoms with E-state index in [1.54, 1.807) is 19.2 Å². The first-order valence-electron chi connectivity index (χ1n) is 9.00. The van der Waals surface area contributed by atoms with Crippen LogP contribution in [0.1, 0.15) is 46.8 Å². The van der Waals surface area contributed by atoms with Gasteiger partial charge in [-0.3, -0.25) is 0 Å². The number of carboxylic acids is 1. The van der Waals surface area contributed by atoms with Crippen molar-refractivity contribution in [2.75, 3.05) is 13.7 Å². The summed E-state index contributed by atoms with van der Waals surface area (Å²) in [4.78, 5) is 23.2. The lowest BCUT2D eigenvalue weighted by atomic mass is 10.0. The molecule has 0 heterocycles. The average molecular weight is 370 g/mol. The smallest absolute Gasteiger partial charge is 0.335 e. The van der Waals surface area contributed by atoms with E-state index in [0.29, 0.717) is 13.2 Å². The molecule has 0 bridgehead atoms. The highest BCUT2D eigenvalue weighted by molar-refractivity contribution is 5.87. The van der Waals surface area contributed by atoms with Crippen molar-refractivity contribution in [2.45, 2.75) is 31.8 Å². The number of nitrogens with one attached hydrogen (secondary N) is 2. The van der Waals surface area contributed by atoms with Gasteiger partial charge in [0.2, 0.25) is 0 Å². The first-order valence-corrected chi connectivity index (χ1v) is 9.00. The SMILES string of the molecule is COCCCCC(NC(=O)NCc1ccc(C(=O)O)cc1)c1ccccc1. The predicted octanol–water partition coefficient (Wildman–Crippen LogP) is 3.74. The van der Waals surface area contributed by atoms with E-state index in [4.69, 9.17) is 9.84 Å². The van der Waals surface area contributed by atoms with Gasteiger partial charge in [0.05, 0.1) is 11.6 Å². The predicted molar refractivity (Wildman–Crippen MR) is 104 cm³/mol. The lowest BCUT2D eigenvalue weighted by Crippen LogP contribution is -2.37. The van der Waals surface area contributed by atoms with Crippen LogP contribution in [0.15, 0.2) is 54.6 Å². The molecule has 3 N–H and O–H groups in total. The van der Waals surface area contributed by atoms with Gasteiger partial charge in [-0.25, -0.2) is 9.59 Å². The van der Waals surface area contributed by atoms with Crippen LogP contribution in [0.2, 0.25) is 0 Å². The second kappa shape index (κ2) is 11.0. The molecule has 27 heavy (non-hydrogen) atoms. The van der Waals surface area contributed by atoms with Crippen molar-refractivity contribution in [1.29, 1.82) is 0 Å². The van der Waals surface area contributed by atoms with Crippen molar-refractivity contribution in [2.24, 2.45) is 0 Å². The number of methoxy groups -OCH3 is 1. The maximum Gasteiger partial charge on any atom is 0.335 e. The van der Waals surface area contributed by atoms with Gasteiger partial charge in [0, 0.05) is 20.3 Å². The molecule has 2 aromatic carbocycles. The number of aromatic carboxylic acids is 1. The van der Waals surface area contributed by atoms with Crippen molar-refractivity contribution < 1.29 is 19.4 Å². The largest absolute Gasteiger partial charge is 0.478 e. The van der Waals surface area contributed by atoms with E-state index in [0.717, 1.165) is 30.4 Å². The molecule has 0 saturated heterocycles. The number of amides is 2. The third-order valence-electron chi connectivity index (χ3n) is 4.25. The summed E-state index contributed by atoms with van der Waals surface area (Å²) < 4.78 is 5.08. The van der Waals surface area contributed by atoms with Crippen molar-refractivity contribution in [3.8, 4) is 0 Å². The number of unbranched alkanes of at least 4 members (excludes halogenated alkanes) is 1. The summed E-state index contributed by atoms with van der Waals surface area (Å²) in [7, 11) is 1.68. The molecule has 0 aliphatic rings. The fourth-order valence-corrected chi connectivity index (χ4v) is 2.76. The van der Waals surface area contributed by atoms with Crippen LogP contribution < -0.4 is 10.6 Å². The Morgan fingerprint density at radius 1 is 1.04 bits per heavy atom. The zero-order chi connectivity index (χ0) is 19.5. The fourth-order valence-electron chi connectivity index (χ4n) is 2.76. The zero-order valence-corrected chi connectivity index (χ0v) is 15.5. The van der Waals surface area contributed by atoms with Crippen LogP contribution in [0.3, 0.4) is 0 Å². The molecule has 0 aliphatic heterocycles. The van der Waals surface area contributed by atoms with Crippen LogP contribution in [-0.2, 0) is 11.3 Å². The lowest BCUT2D eigenvalue weighted by molar-refractivity contribution is 0.0697. The molecular weight excluding hydrogens is 344 g/mol. The second-order valence-corrected chi connectivity index (χ2v) is 6.28. The Morgan fingerprint density at radius 2 is 1.74 bits per heavy atom. The van der Waals surface area contributed by atoms with Crippen molar-refractivity contribution in [1.82, 2.24) is 10.6 Å². The third-order valence-corrected chi connectivity index (χ3v) is 4.25. The summed E-state index contributed by atoms with van der Waals surface area (Å²) in [5.74, 6) is -0.966. The quantitative estimate of drug-likeness (QED) is 0.556. The van der Waals surface area contributed by atoms with Crippen LogP contribution in [0.5, 0.6) is 0 Å². The average Bonchev–Trinajstić information content (AvgIpc) is 2.69. The highest BCUT2D eigenvalue weighted by Gasteiger charge is 2.14. The number of hydrogen-bond donors (Lipinski definition) is 3. The number of carbonyl (C=O) groups is 2. The van der Waals surface area contributed by atoms with Gasteiger partial charge in [-0.05, 0) is 42.5 Å². The Balaban J connectivity index is 1.89. The maximum atomic E-state index is 12.3. The standard InChI is InChI=1S/C21H26N2O4/c1-27-14-6-5-9-19(17-7-3-2-4-8-17)23-21(26)22-15-16-10-12-18(13-11-16)20(24)25/h2-4,7-8,10-13,19H,5-6,9,14-15H2,1H3,(H,24,25)(H2,22,23,26). The number of ether oxygens (including phenoxy) is 1. The Kier molecular flexibility index (Phi) is 8.32. The van der Waals surface area contributed by atoms with Crippen molar-refractivity contribution in [3.63, 3.8) is 0 Å². The molecule has 6 nitrogen and oxygen atoms in total. The van der Waals surface area contributed by atoms with Gasteiger partial charge in [0.25, 0.3) is 0 Å². The number of rotatable bonds is 10. The summed E-state index contributed by atoms with van der Waals surface area (Å²) >= 11 is 0. The van der Waals surface area contributed by atoms with Crippen LogP contribution in [0.25, 0.3) is 0 Å². The molecule has 6 heteroatoms. The summed E-state index contributed by atoms with van der Waals surface area (Å²) in [6.45, 7) is 1.04. The number of benzene rings is 2. The van der Waals surface area contributed by atoms with Gasteiger partial charge in [-0.1, -0.05) is 42.5 Å². The topological polar surface area (TPSA) is 87.7 Å². The molecule has 144 valence electrons. The van der Waals surface area contributed by atoms with Gasteiger partial charge in [-0.2, -0.15) is 0 Å². The maximum absolute atomic E-state index is 12.3. The van der Waals surface area contributed by atoms with Crippen LogP contribution in [0.4, 0.5) is 4.79 Å². The highest BCUT2D eigenvalue weighted by atomic mass is 16.5. The first-order chi connectivity index (χ1) is 13.1. The molecule has 0 radical (unpaired) electrons. The van der Waals surface area contributed by atoms with E-state index in [-0.39, 0.29) is 17.6 Å². The number of carboxylic acid groups (broad SMARTS) is 1.